The fourth-order valence-corrected chi connectivity index (χ4v) is 3.93. The Morgan fingerprint density at radius 2 is 1.72 bits per heavy atom. The lowest BCUT2D eigenvalue weighted by Crippen LogP contribution is -2.52. The number of aryl methyl sites for hydroxylation is 2. The highest BCUT2D eigenvalue weighted by molar-refractivity contribution is 9.10. The van der Waals surface area contributed by atoms with E-state index >= 15 is 0 Å². The number of amides is 3. The highest BCUT2D eigenvalue weighted by atomic mass is 79.9. The van der Waals surface area contributed by atoms with Gasteiger partial charge in [0.25, 0.3) is 5.91 Å². The smallest absolute Gasteiger partial charge is 0.259 e. The van der Waals surface area contributed by atoms with Gasteiger partial charge < -0.3 is 10.6 Å². The average Bonchev–Trinajstić information content (AvgIpc) is 2.77. The number of para-hydroxylation sites is 2. The first-order valence-electron chi connectivity index (χ1n) is 10.2. The van der Waals surface area contributed by atoms with Crippen LogP contribution in [0.3, 0.4) is 0 Å². The number of nitrogens with zero attached hydrogens (tertiary/aromatic N) is 1. The molecule has 0 bridgehead atoms. The van der Waals surface area contributed by atoms with Gasteiger partial charge in [0, 0.05) is 15.7 Å². The topological polar surface area (TPSA) is 78.5 Å². The number of anilines is 3. The lowest BCUT2D eigenvalue weighted by atomic mass is 10.0. The molecule has 1 aliphatic heterocycles. The molecule has 6 nitrogen and oxygen atoms in total. The van der Waals surface area contributed by atoms with E-state index in [-0.39, 0.29) is 18.2 Å². The molecule has 0 spiro atoms. The van der Waals surface area contributed by atoms with Crippen LogP contribution in [0, 0.1) is 13.8 Å². The molecule has 1 heterocycles. The van der Waals surface area contributed by atoms with E-state index in [1.807, 2.05) is 32.0 Å². The van der Waals surface area contributed by atoms with Crippen LogP contribution < -0.4 is 15.5 Å². The second-order valence-electron chi connectivity index (χ2n) is 7.76. The Morgan fingerprint density at radius 3 is 2.44 bits per heavy atom. The maximum absolute atomic E-state index is 13.5. The number of hydrogen-bond donors (Lipinski definition) is 2. The second kappa shape index (κ2) is 8.96. The van der Waals surface area contributed by atoms with Crippen LogP contribution in [0.1, 0.15) is 27.9 Å². The number of nitrogens with one attached hydrogen (secondary N) is 2. The van der Waals surface area contributed by atoms with Crippen molar-refractivity contribution in [2.24, 2.45) is 0 Å². The summed E-state index contributed by atoms with van der Waals surface area (Å²) in [5.74, 6) is -1.09. The molecule has 0 saturated heterocycles. The fourth-order valence-electron chi connectivity index (χ4n) is 3.66. The number of carbonyl (C=O) groups is 3. The van der Waals surface area contributed by atoms with Crippen LogP contribution in [0.4, 0.5) is 17.1 Å². The molecule has 0 saturated carbocycles. The van der Waals surface area contributed by atoms with Crippen molar-refractivity contribution in [2.45, 2.75) is 26.3 Å². The number of rotatable bonds is 4. The van der Waals surface area contributed by atoms with E-state index in [9.17, 15) is 14.4 Å². The molecular formula is C25H22BrN3O3. The summed E-state index contributed by atoms with van der Waals surface area (Å²) < 4.78 is 0.843. The Labute approximate surface area is 194 Å². The lowest BCUT2D eigenvalue weighted by molar-refractivity contribution is -0.122. The maximum Gasteiger partial charge on any atom is 0.259 e. The molecule has 0 radical (unpaired) electrons. The van der Waals surface area contributed by atoms with E-state index in [4.69, 9.17) is 0 Å². The molecule has 1 atom stereocenters. The number of halogens is 1. The van der Waals surface area contributed by atoms with E-state index in [1.54, 1.807) is 48.5 Å². The molecule has 3 aromatic rings. The van der Waals surface area contributed by atoms with Crippen molar-refractivity contribution in [3.05, 3.63) is 87.9 Å². The van der Waals surface area contributed by atoms with E-state index in [0.717, 1.165) is 15.6 Å². The molecule has 162 valence electrons. The minimum atomic E-state index is -0.979. The summed E-state index contributed by atoms with van der Waals surface area (Å²) in [7, 11) is 0. The average molecular weight is 492 g/mol. The summed E-state index contributed by atoms with van der Waals surface area (Å²) in [6, 6.07) is 18.6. The van der Waals surface area contributed by atoms with Crippen LogP contribution in [0.15, 0.2) is 71.2 Å². The molecule has 1 aliphatic rings. The summed E-state index contributed by atoms with van der Waals surface area (Å²) in [6.07, 6.45) is -0.171. The third kappa shape index (κ3) is 4.43. The van der Waals surface area contributed by atoms with Crippen molar-refractivity contribution in [3.8, 4) is 0 Å². The molecule has 3 amide bonds. The molecule has 0 unspecified atom stereocenters. The summed E-state index contributed by atoms with van der Waals surface area (Å²) in [4.78, 5) is 40.7. The van der Waals surface area contributed by atoms with Crippen molar-refractivity contribution < 1.29 is 14.4 Å². The summed E-state index contributed by atoms with van der Waals surface area (Å²) >= 11 is 3.37. The first kappa shape index (κ1) is 21.8. The SMILES string of the molecule is Cc1ccc(NC(=O)C[C@H]2C(=O)Nc3ccccc3N2C(=O)c2ccc(Br)cc2)cc1C. The van der Waals surface area contributed by atoms with Gasteiger partial charge in [-0.2, -0.15) is 0 Å². The predicted molar refractivity (Wildman–Crippen MR) is 129 cm³/mol. The fraction of sp³-hybridized carbons (Fsp3) is 0.160. The molecule has 0 aliphatic carbocycles. The van der Waals surface area contributed by atoms with Crippen LogP contribution in [-0.4, -0.2) is 23.8 Å². The molecule has 2 N–H and O–H groups in total. The molecule has 32 heavy (non-hydrogen) atoms. The number of hydrogen-bond acceptors (Lipinski definition) is 3. The van der Waals surface area contributed by atoms with E-state index in [0.29, 0.717) is 22.6 Å². The number of benzene rings is 3. The van der Waals surface area contributed by atoms with Crippen molar-refractivity contribution in [1.29, 1.82) is 0 Å². The van der Waals surface area contributed by atoms with Gasteiger partial charge >= 0.3 is 0 Å². The van der Waals surface area contributed by atoms with Gasteiger partial charge in [-0.1, -0.05) is 34.1 Å². The van der Waals surface area contributed by atoms with Gasteiger partial charge in [0.1, 0.15) is 6.04 Å². The number of fused-ring (bicyclic) bond motifs is 1. The molecule has 4 rings (SSSR count). The summed E-state index contributed by atoms with van der Waals surface area (Å²) in [5, 5.41) is 5.67. The number of carbonyl (C=O) groups excluding carboxylic acids is 3. The lowest BCUT2D eigenvalue weighted by Gasteiger charge is -2.36. The molecule has 3 aromatic carbocycles. The largest absolute Gasteiger partial charge is 0.326 e. The van der Waals surface area contributed by atoms with Gasteiger partial charge in [-0.25, -0.2) is 0 Å². The van der Waals surface area contributed by atoms with Gasteiger partial charge in [0.15, 0.2) is 0 Å². The van der Waals surface area contributed by atoms with Crippen LogP contribution in [0.5, 0.6) is 0 Å². The van der Waals surface area contributed by atoms with Crippen LogP contribution in [0.25, 0.3) is 0 Å². The maximum atomic E-state index is 13.5. The Balaban J connectivity index is 1.64. The minimum Gasteiger partial charge on any atom is -0.326 e. The van der Waals surface area contributed by atoms with Gasteiger partial charge in [-0.05, 0) is 73.5 Å². The minimum absolute atomic E-state index is 0.171. The Kier molecular flexibility index (Phi) is 6.10. The predicted octanol–water partition coefficient (Wildman–Crippen LogP) is 5.06. The normalized spacial score (nSPS) is 15.0. The zero-order valence-electron chi connectivity index (χ0n) is 17.7. The van der Waals surface area contributed by atoms with Crippen molar-refractivity contribution in [2.75, 3.05) is 15.5 Å². The Morgan fingerprint density at radius 1 is 1.00 bits per heavy atom. The summed E-state index contributed by atoms with van der Waals surface area (Å²) in [6.45, 7) is 3.96. The molecule has 0 fully saturated rings. The van der Waals surface area contributed by atoms with Gasteiger partial charge in [0.2, 0.25) is 11.8 Å². The Bertz CT molecular complexity index is 1210. The van der Waals surface area contributed by atoms with Gasteiger partial charge in [0.05, 0.1) is 17.8 Å². The van der Waals surface area contributed by atoms with Crippen molar-refractivity contribution >= 4 is 50.7 Å². The second-order valence-corrected chi connectivity index (χ2v) is 8.67. The standard InChI is InChI=1S/C25H22BrN3O3/c1-15-7-12-19(13-16(15)2)27-23(30)14-22-24(31)28-20-5-3-4-6-21(20)29(22)25(32)17-8-10-18(26)11-9-17/h3-13,22H,14H2,1-2H3,(H,27,30)(H,28,31)/t22-/m0/s1. The van der Waals surface area contributed by atoms with E-state index in [2.05, 4.69) is 26.6 Å². The van der Waals surface area contributed by atoms with E-state index < -0.39 is 11.9 Å². The monoisotopic (exact) mass is 491 g/mol. The highest BCUT2D eigenvalue weighted by Crippen LogP contribution is 2.34. The summed E-state index contributed by atoms with van der Waals surface area (Å²) in [5.41, 5.74) is 4.35. The molecule has 7 heteroatoms. The van der Waals surface area contributed by atoms with E-state index in [1.165, 1.54) is 4.90 Å². The zero-order chi connectivity index (χ0) is 22.8. The Hall–Kier alpha value is -3.45. The molecule has 0 aromatic heterocycles. The van der Waals surface area contributed by atoms with Crippen LogP contribution in [-0.2, 0) is 9.59 Å². The van der Waals surface area contributed by atoms with Gasteiger partial charge in [-0.3, -0.25) is 19.3 Å². The van der Waals surface area contributed by atoms with Crippen LogP contribution in [0.2, 0.25) is 0 Å². The third-order valence-electron chi connectivity index (χ3n) is 5.52. The van der Waals surface area contributed by atoms with Crippen molar-refractivity contribution in [1.82, 2.24) is 0 Å². The quantitative estimate of drug-likeness (QED) is 0.535. The third-order valence-corrected chi connectivity index (χ3v) is 6.04. The zero-order valence-corrected chi connectivity index (χ0v) is 19.3. The highest BCUT2D eigenvalue weighted by Gasteiger charge is 2.38. The first-order chi connectivity index (χ1) is 15.3. The van der Waals surface area contributed by atoms with Crippen LogP contribution >= 0.6 is 15.9 Å². The van der Waals surface area contributed by atoms with Crippen molar-refractivity contribution in [3.63, 3.8) is 0 Å². The first-order valence-corrected chi connectivity index (χ1v) is 11.0. The molecular weight excluding hydrogens is 470 g/mol. The van der Waals surface area contributed by atoms with Gasteiger partial charge in [-0.15, -0.1) is 0 Å².